The minimum absolute atomic E-state index is 0.157. The smallest absolute Gasteiger partial charge is 0.257 e. The fourth-order valence-corrected chi connectivity index (χ4v) is 4.17. The average molecular weight is 468 g/mol. The zero-order chi connectivity index (χ0) is 21.3. The number of benzene rings is 2. The molecule has 0 saturated carbocycles. The number of anilines is 2. The third-order valence-electron chi connectivity index (χ3n) is 5.24. The zero-order valence-electron chi connectivity index (χ0n) is 16.0. The van der Waals surface area contributed by atoms with Gasteiger partial charge >= 0.3 is 0 Å². The third-order valence-corrected chi connectivity index (χ3v) is 5.95. The number of nitrogens with one attached hydrogen (secondary N) is 1. The molecule has 3 N–H and O–H groups in total. The van der Waals surface area contributed by atoms with Gasteiger partial charge in [-0.15, -0.1) is 0 Å². The molecule has 9 heteroatoms. The zero-order valence-corrected chi connectivity index (χ0v) is 18.3. The number of rotatable bonds is 5. The van der Waals surface area contributed by atoms with Gasteiger partial charge in [-0.2, -0.15) is 0 Å². The van der Waals surface area contributed by atoms with Crippen LogP contribution in [0, 0.1) is 0 Å². The highest BCUT2D eigenvalue weighted by atomic mass is 35.5. The van der Waals surface area contributed by atoms with Gasteiger partial charge in [0.15, 0.2) is 10.9 Å². The maximum atomic E-state index is 11.7. The Morgan fingerprint density at radius 2 is 2.07 bits per heavy atom. The number of nitrogens with zero attached hydrogens (tertiary/aromatic N) is 2. The second-order valence-corrected chi connectivity index (χ2v) is 8.88. The monoisotopic (exact) mass is 466 g/mol. The molecule has 0 aliphatic carbocycles. The first-order chi connectivity index (χ1) is 14.4. The summed E-state index contributed by atoms with van der Waals surface area (Å²) in [7, 11) is 0. The van der Waals surface area contributed by atoms with Crippen molar-refractivity contribution in [1.29, 1.82) is 0 Å². The highest BCUT2D eigenvalue weighted by Crippen LogP contribution is 2.37. The number of oxime groups is 1. The number of hydrogen-bond donors (Lipinski definition) is 2. The number of halogens is 3. The van der Waals surface area contributed by atoms with Gasteiger partial charge in [-0.25, -0.2) is 0 Å². The van der Waals surface area contributed by atoms with Crippen molar-refractivity contribution in [2.45, 2.75) is 29.8 Å². The van der Waals surface area contributed by atoms with Crippen molar-refractivity contribution in [3.8, 4) is 0 Å². The molecule has 4 rings (SSSR count). The first-order valence-corrected chi connectivity index (χ1v) is 10.9. The largest absolute Gasteiger partial charge is 0.387 e. The van der Waals surface area contributed by atoms with Crippen LogP contribution < -0.4 is 16.0 Å². The van der Waals surface area contributed by atoms with E-state index in [0.29, 0.717) is 17.1 Å². The Labute approximate surface area is 189 Å². The maximum absolute atomic E-state index is 11.7. The molecule has 1 amide bonds. The van der Waals surface area contributed by atoms with Crippen LogP contribution >= 0.6 is 34.8 Å². The summed E-state index contributed by atoms with van der Waals surface area (Å²) in [5, 5.41) is 7.64. The summed E-state index contributed by atoms with van der Waals surface area (Å²) in [6, 6.07) is 13.3. The van der Waals surface area contributed by atoms with Crippen LogP contribution in [0.5, 0.6) is 0 Å². The molecule has 0 aromatic heterocycles. The molecule has 2 unspecified atom stereocenters. The molecule has 6 nitrogen and oxygen atoms in total. The van der Waals surface area contributed by atoms with Gasteiger partial charge in [0.25, 0.3) is 5.91 Å². The van der Waals surface area contributed by atoms with Gasteiger partial charge in [-0.1, -0.05) is 58.2 Å². The molecule has 1 saturated heterocycles. The molecule has 2 atom stereocenters. The van der Waals surface area contributed by atoms with Gasteiger partial charge in [-0.3, -0.25) is 4.79 Å². The van der Waals surface area contributed by atoms with Crippen LogP contribution in [-0.2, 0) is 9.63 Å². The fourth-order valence-electron chi connectivity index (χ4n) is 3.79. The van der Waals surface area contributed by atoms with Gasteiger partial charge < -0.3 is 20.8 Å². The number of carbonyl (C=O) groups excluding carboxylic acids is 1. The van der Waals surface area contributed by atoms with Crippen LogP contribution in [0.4, 0.5) is 11.4 Å². The first-order valence-electron chi connectivity index (χ1n) is 9.63. The van der Waals surface area contributed by atoms with Crippen molar-refractivity contribution >= 4 is 57.8 Å². The Balaban J connectivity index is 1.54. The average Bonchev–Trinajstić information content (AvgIpc) is 3.37. The maximum Gasteiger partial charge on any atom is 0.257 e. The predicted molar refractivity (Wildman–Crippen MR) is 122 cm³/mol. The van der Waals surface area contributed by atoms with E-state index in [1.165, 1.54) is 0 Å². The third kappa shape index (κ3) is 4.52. The lowest BCUT2D eigenvalue weighted by atomic mass is 9.98. The molecule has 158 valence electrons. The van der Waals surface area contributed by atoms with E-state index in [1.54, 1.807) is 6.07 Å². The lowest BCUT2D eigenvalue weighted by Gasteiger charge is -2.22. The van der Waals surface area contributed by atoms with Crippen LogP contribution in [0.2, 0.25) is 5.02 Å². The molecule has 2 heterocycles. The van der Waals surface area contributed by atoms with Gasteiger partial charge in [0, 0.05) is 42.5 Å². The van der Waals surface area contributed by atoms with Crippen LogP contribution in [0.15, 0.2) is 47.6 Å². The van der Waals surface area contributed by atoms with Crippen molar-refractivity contribution in [3.63, 3.8) is 0 Å². The first kappa shape index (κ1) is 21.2. The van der Waals surface area contributed by atoms with Crippen LogP contribution in [0.1, 0.15) is 30.1 Å². The van der Waals surface area contributed by atoms with E-state index in [4.69, 9.17) is 45.4 Å². The Morgan fingerprint density at radius 3 is 2.80 bits per heavy atom. The Bertz CT molecular complexity index is 982. The Morgan fingerprint density at radius 1 is 1.27 bits per heavy atom. The summed E-state index contributed by atoms with van der Waals surface area (Å²) in [5.41, 5.74) is 10.3. The molecule has 2 aliphatic heterocycles. The number of alkyl halides is 2. The topological polar surface area (TPSA) is 79.9 Å². The van der Waals surface area contributed by atoms with Gasteiger partial charge in [0.1, 0.15) is 0 Å². The lowest BCUT2D eigenvalue weighted by molar-refractivity contribution is -0.114. The minimum atomic E-state index is -1.14. The van der Waals surface area contributed by atoms with Crippen LogP contribution in [-0.4, -0.2) is 35.6 Å². The van der Waals surface area contributed by atoms with Crippen molar-refractivity contribution < 1.29 is 9.63 Å². The van der Waals surface area contributed by atoms with Crippen molar-refractivity contribution in [1.82, 2.24) is 0 Å². The molecular weight excluding hydrogens is 447 g/mol. The standard InChI is InChI=1S/C21H21Cl3N4O2/c22-15-5-2-6-17(28-8-7-13(25)11-28)19(15)16-10-18(30-27-16)12-3-1-4-14(9-12)26-21(29)20(23)24/h1-6,9,13,18,20H,7-8,10-11,25H2,(H,26,29). The molecule has 0 radical (unpaired) electrons. The SMILES string of the molecule is NC1CCN(c2cccc(Cl)c2C2=NOC(c3cccc(NC(=O)C(Cl)Cl)c3)C2)C1. The molecule has 30 heavy (non-hydrogen) atoms. The molecule has 2 aliphatic rings. The lowest BCUT2D eigenvalue weighted by Crippen LogP contribution is -2.27. The minimum Gasteiger partial charge on any atom is -0.387 e. The van der Waals surface area contributed by atoms with Crippen molar-refractivity contribution in [2.24, 2.45) is 10.9 Å². The Kier molecular flexibility index (Phi) is 6.39. The summed E-state index contributed by atoms with van der Waals surface area (Å²) >= 11 is 17.8. The second-order valence-electron chi connectivity index (χ2n) is 7.38. The van der Waals surface area contributed by atoms with E-state index < -0.39 is 10.7 Å². The highest BCUT2D eigenvalue weighted by molar-refractivity contribution is 6.54. The molecule has 2 aromatic rings. The van der Waals surface area contributed by atoms with E-state index in [1.807, 2.05) is 36.4 Å². The quantitative estimate of drug-likeness (QED) is 0.635. The van der Waals surface area contributed by atoms with E-state index in [0.717, 1.165) is 42.0 Å². The number of hydrogen-bond acceptors (Lipinski definition) is 5. The fraction of sp³-hybridized carbons (Fsp3) is 0.333. The summed E-state index contributed by atoms with van der Waals surface area (Å²) in [6.45, 7) is 1.67. The van der Waals surface area contributed by atoms with E-state index in [-0.39, 0.29) is 12.1 Å². The van der Waals surface area contributed by atoms with Crippen LogP contribution in [0.3, 0.4) is 0 Å². The second kappa shape index (κ2) is 9.02. The number of amides is 1. The normalized spacial score (nSPS) is 21.0. The Hall–Kier alpha value is -1.99. The summed E-state index contributed by atoms with van der Waals surface area (Å²) in [5.74, 6) is -0.482. The van der Waals surface area contributed by atoms with E-state index in [2.05, 4.69) is 15.4 Å². The van der Waals surface area contributed by atoms with Crippen molar-refractivity contribution in [3.05, 3.63) is 58.6 Å². The number of carbonyl (C=O) groups is 1. The summed E-state index contributed by atoms with van der Waals surface area (Å²) < 4.78 is 0. The van der Waals surface area contributed by atoms with Gasteiger partial charge in [-0.05, 0) is 36.2 Å². The highest BCUT2D eigenvalue weighted by Gasteiger charge is 2.30. The predicted octanol–water partition coefficient (Wildman–Crippen LogP) is 4.49. The van der Waals surface area contributed by atoms with Gasteiger partial charge in [0.2, 0.25) is 0 Å². The molecule has 1 fully saturated rings. The van der Waals surface area contributed by atoms with Crippen molar-refractivity contribution in [2.75, 3.05) is 23.3 Å². The molecule has 0 bridgehead atoms. The van der Waals surface area contributed by atoms with Crippen LogP contribution in [0.25, 0.3) is 0 Å². The summed E-state index contributed by atoms with van der Waals surface area (Å²) in [4.78, 5) is 18.6. The molecule has 2 aromatic carbocycles. The van der Waals surface area contributed by atoms with Gasteiger partial charge in [0.05, 0.1) is 10.7 Å². The summed E-state index contributed by atoms with van der Waals surface area (Å²) in [6.07, 6.45) is 1.22. The molecule has 0 spiro atoms. The van der Waals surface area contributed by atoms with E-state index >= 15 is 0 Å². The molecular formula is C21H21Cl3N4O2. The van der Waals surface area contributed by atoms with E-state index in [9.17, 15) is 4.79 Å². The number of nitrogens with two attached hydrogens (primary N) is 1.